The first kappa shape index (κ1) is 33.5. The Balaban J connectivity index is 1.20. The number of pyridine rings is 1. The maximum atomic E-state index is 16.3. The van der Waals surface area contributed by atoms with Crippen LogP contribution in [0, 0.1) is 11.7 Å². The molecule has 2 aromatic carbocycles. The Labute approximate surface area is 284 Å². The Bertz CT molecular complexity index is 1690. The van der Waals surface area contributed by atoms with Gasteiger partial charge in [0.1, 0.15) is 17.3 Å². The molecule has 9 nitrogen and oxygen atoms in total. The number of carbonyl (C=O) groups is 2. The maximum Gasteiger partial charge on any atom is 0.237 e. The molecule has 0 radical (unpaired) electrons. The molecule has 2 aromatic heterocycles. The molecule has 250 valence electrons. The molecule has 1 aliphatic carbocycles. The molecule has 2 N–H and O–H groups in total. The van der Waals surface area contributed by atoms with Crippen molar-refractivity contribution in [2.45, 2.75) is 64.0 Å². The zero-order valence-corrected chi connectivity index (χ0v) is 27.9. The van der Waals surface area contributed by atoms with Crippen molar-refractivity contribution in [2.24, 2.45) is 5.92 Å². The predicted molar refractivity (Wildman–Crippen MR) is 182 cm³/mol. The number of hydrogen-bond acceptors (Lipinski definition) is 8. The van der Waals surface area contributed by atoms with Crippen LogP contribution < -0.4 is 20.1 Å². The molecule has 6 rings (SSSR count). The van der Waals surface area contributed by atoms with Gasteiger partial charge in [0.2, 0.25) is 17.7 Å². The van der Waals surface area contributed by atoms with Crippen molar-refractivity contribution in [2.75, 3.05) is 20.8 Å². The average molecular weight is 672 g/mol. The SMILES string of the molecule is COc1nc(-c2cccc(-c3cccc(-c4cnc(CNC[C@@H]5CCC(=O)C5)c(OC)n4)c3F)c2Cl)ccc1CCC[C@@H]1CCC(=O)N1. The third-order valence-corrected chi connectivity index (χ3v) is 9.54. The van der Waals surface area contributed by atoms with Gasteiger partial charge in [0.25, 0.3) is 0 Å². The van der Waals surface area contributed by atoms with E-state index in [1.807, 2.05) is 24.3 Å². The van der Waals surface area contributed by atoms with E-state index < -0.39 is 5.82 Å². The van der Waals surface area contributed by atoms with E-state index >= 15 is 4.39 Å². The highest BCUT2D eigenvalue weighted by Crippen LogP contribution is 2.39. The van der Waals surface area contributed by atoms with E-state index in [0.717, 1.165) is 37.7 Å². The molecule has 0 unspecified atom stereocenters. The van der Waals surface area contributed by atoms with Gasteiger partial charge >= 0.3 is 0 Å². The summed E-state index contributed by atoms with van der Waals surface area (Å²) in [6.45, 7) is 1.13. The second-order valence-corrected chi connectivity index (χ2v) is 12.8. The van der Waals surface area contributed by atoms with E-state index in [-0.39, 0.29) is 17.5 Å². The number of methoxy groups -OCH3 is 2. The highest BCUT2D eigenvalue weighted by atomic mass is 35.5. The summed E-state index contributed by atoms with van der Waals surface area (Å²) < 4.78 is 27.4. The van der Waals surface area contributed by atoms with Gasteiger partial charge in [0.15, 0.2) is 0 Å². The second-order valence-electron chi connectivity index (χ2n) is 12.4. The quantitative estimate of drug-likeness (QED) is 0.161. The Morgan fingerprint density at radius 2 is 1.67 bits per heavy atom. The van der Waals surface area contributed by atoms with Gasteiger partial charge in [0, 0.05) is 59.7 Å². The lowest BCUT2D eigenvalue weighted by atomic mass is 9.97. The number of ketones is 1. The molecule has 11 heteroatoms. The van der Waals surface area contributed by atoms with Crippen LogP contribution in [0.15, 0.2) is 54.7 Å². The minimum atomic E-state index is -0.482. The smallest absolute Gasteiger partial charge is 0.237 e. The van der Waals surface area contributed by atoms with Crippen molar-refractivity contribution in [1.29, 1.82) is 0 Å². The van der Waals surface area contributed by atoms with Gasteiger partial charge in [-0.05, 0) is 56.7 Å². The molecule has 1 saturated heterocycles. The van der Waals surface area contributed by atoms with Crippen molar-refractivity contribution in [3.05, 3.63) is 76.8 Å². The van der Waals surface area contributed by atoms with Crippen molar-refractivity contribution in [3.63, 3.8) is 0 Å². The van der Waals surface area contributed by atoms with E-state index in [4.69, 9.17) is 26.1 Å². The second kappa shape index (κ2) is 15.2. The first-order chi connectivity index (χ1) is 23.3. The molecule has 2 fully saturated rings. The highest BCUT2D eigenvalue weighted by molar-refractivity contribution is 6.36. The summed E-state index contributed by atoms with van der Waals surface area (Å²) in [5, 5.41) is 6.72. The number of rotatable bonds is 13. The zero-order valence-electron chi connectivity index (χ0n) is 27.2. The van der Waals surface area contributed by atoms with Crippen LogP contribution >= 0.6 is 11.6 Å². The Kier molecular flexibility index (Phi) is 10.6. The zero-order chi connectivity index (χ0) is 33.6. The largest absolute Gasteiger partial charge is 0.481 e. The number of amides is 1. The number of nitrogens with zero attached hydrogens (tertiary/aromatic N) is 3. The van der Waals surface area contributed by atoms with Crippen LogP contribution in [0.25, 0.3) is 33.6 Å². The van der Waals surface area contributed by atoms with Gasteiger partial charge in [-0.25, -0.2) is 14.4 Å². The summed E-state index contributed by atoms with van der Waals surface area (Å²) in [5.41, 5.74) is 4.28. The Morgan fingerprint density at radius 3 is 2.40 bits per heavy atom. The van der Waals surface area contributed by atoms with E-state index in [2.05, 4.69) is 20.6 Å². The number of hydrogen-bond donors (Lipinski definition) is 2. The van der Waals surface area contributed by atoms with Gasteiger partial charge in [-0.15, -0.1) is 0 Å². The van der Waals surface area contributed by atoms with Gasteiger partial charge in [0.05, 0.1) is 36.8 Å². The maximum absolute atomic E-state index is 16.3. The van der Waals surface area contributed by atoms with Crippen LogP contribution in [0.5, 0.6) is 11.8 Å². The number of Topliss-reactive ketones (excluding diaryl/α,β-unsaturated/α-hetero) is 1. The highest BCUT2D eigenvalue weighted by Gasteiger charge is 2.23. The van der Waals surface area contributed by atoms with Gasteiger partial charge in [-0.3, -0.25) is 14.6 Å². The molecule has 3 heterocycles. The lowest BCUT2D eigenvalue weighted by Gasteiger charge is -2.15. The van der Waals surface area contributed by atoms with Crippen molar-refractivity contribution in [3.8, 4) is 45.4 Å². The number of nitrogens with one attached hydrogen (secondary N) is 2. The van der Waals surface area contributed by atoms with Crippen LogP contribution in [-0.4, -0.2) is 53.4 Å². The van der Waals surface area contributed by atoms with Crippen molar-refractivity contribution >= 4 is 23.3 Å². The van der Waals surface area contributed by atoms with Crippen LogP contribution in [0.2, 0.25) is 5.02 Å². The minimum absolute atomic E-state index is 0.122. The first-order valence-electron chi connectivity index (χ1n) is 16.4. The number of aryl methyl sites for hydroxylation is 1. The summed E-state index contributed by atoms with van der Waals surface area (Å²) in [7, 11) is 3.10. The number of halogens is 2. The van der Waals surface area contributed by atoms with E-state index in [0.29, 0.717) is 94.6 Å². The summed E-state index contributed by atoms with van der Waals surface area (Å²) >= 11 is 6.97. The molecule has 1 amide bonds. The fourth-order valence-corrected chi connectivity index (χ4v) is 6.89. The normalized spacial score (nSPS) is 17.5. The van der Waals surface area contributed by atoms with Crippen LogP contribution in [0.3, 0.4) is 0 Å². The fourth-order valence-electron chi connectivity index (χ4n) is 6.57. The molecule has 1 aliphatic heterocycles. The number of benzene rings is 2. The standard InChI is InChI=1S/C37H39ClFN5O4/c1-47-36-23(6-3-7-24-14-17-33(46)42-24)13-16-30(43-36)28-10-4-8-26(34(28)38)27-9-5-11-29(35(27)39)31-21-41-32(37(44-31)48-2)20-40-19-22-12-15-25(45)18-22/h4-5,8-11,13,16,21-22,24,40H,3,6-7,12,14-15,17-20H2,1-2H3,(H,42,46)/t22-,24-/m1/s1. The summed E-state index contributed by atoms with van der Waals surface area (Å²) in [6.07, 6.45) is 7.74. The van der Waals surface area contributed by atoms with E-state index in [1.165, 1.54) is 7.11 Å². The minimum Gasteiger partial charge on any atom is -0.481 e. The Hall–Kier alpha value is -4.41. The topological polar surface area (TPSA) is 115 Å². The molecular formula is C37H39ClFN5O4. The average Bonchev–Trinajstić information content (AvgIpc) is 3.72. The lowest BCUT2D eigenvalue weighted by Crippen LogP contribution is -2.25. The summed E-state index contributed by atoms with van der Waals surface area (Å²) in [4.78, 5) is 37.0. The van der Waals surface area contributed by atoms with E-state index in [1.54, 1.807) is 37.6 Å². The van der Waals surface area contributed by atoms with E-state index in [9.17, 15) is 9.59 Å². The molecule has 2 atom stereocenters. The van der Waals surface area contributed by atoms with Gasteiger partial charge in [-0.1, -0.05) is 48.0 Å². The molecule has 0 bridgehead atoms. The third-order valence-electron chi connectivity index (χ3n) is 9.13. The first-order valence-corrected chi connectivity index (χ1v) is 16.8. The van der Waals surface area contributed by atoms with Crippen LogP contribution in [0.1, 0.15) is 56.2 Å². The number of aromatic nitrogens is 3. The molecule has 0 spiro atoms. The molecule has 1 saturated carbocycles. The van der Waals surface area contributed by atoms with Gasteiger partial charge < -0.3 is 20.1 Å². The lowest BCUT2D eigenvalue weighted by molar-refractivity contribution is -0.119. The van der Waals surface area contributed by atoms with Crippen LogP contribution in [-0.2, 0) is 22.6 Å². The summed E-state index contributed by atoms with van der Waals surface area (Å²) in [6, 6.07) is 14.7. The predicted octanol–water partition coefficient (Wildman–Crippen LogP) is 6.74. The molecule has 2 aliphatic rings. The third kappa shape index (κ3) is 7.50. The number of ether oxygens (including phenoxy) is 2. The molecule has 4 aromatic rings. The molecular weight excluding hydrogens is 633 g/mol. The number of carbonyl (C=O) groups excluding carboxylic acids is 2. The summed E-state index contributed by atoms with van der Waals surface area (Å²) in [5.74, 6) is 1.10. The monoisotopic (exact) mass is 671 g/mol. The van der Waals surface area contributed by atoms with Crippen molar-refractivity contribution < 1.29 is 23.5 Å². The van der Waals surface area contributed by atoms with Crippen molar-refractivity contribution in [1.82, 2.24) is 25.6 Å². The Morgan fingerprint density at radius 1 is 0.917 bits per heavy atom. The van der Waals surface area contributed by atoms with Gasteiger partial charge in [-0.2, -0.15) is 0 Å². The van der Waals surface area contributed by atoms with Crippen LogP contribution in [0.4, 0.5) is 4.39 Å². The fraction of sp³-hybridized carbons (Fsp3) is 0.378. The molecule has 48 heavy (non-hydrogen) atoms.